The summed E-state index contributed by atoms with van der Waals surface area (Å²) in [5.74, 6) is 2.41. The van der Waals surface area contributed by atoms with Crippen LogP contribution in [0.15, 0.2) is 82.2 Å². The second-order valence-electron chi connectivity index (χ2n) is 6.76. The molecule has 1 heterocycles. The van der Waals surface area contributed by atoms with Gasteiger partial charge in [-0.1, -0.05) is 11.6 Å². The summed E-state index contributed by atoms with van der Waals surface area (Å²) in [7, 11) is 1.66. The first-order valence-electron chi connectivity index (χ1n) is 9.63. The minimum absolute atomic E-state index is 0.645. The van der Waals surface area contributed by atoms with E-state index in [0.717, 1.165) is 50.4 Å². The average molecular weight is 385 g/mol. The standard InChI is InChI=1S/C25H23NO3/c1-4-28-21-12-8-19(9-13-21)26-23-16-25(18-6-10-20(27-3)11-7-18)29-24-14-5-17(2)15-22(23)24/h5-16H,4H2,1-3H3. The number of hydrogen-bond donors (Lipinski definition) is 0. The largest absolute Gasteiger partial charge is 0.497 e. The van der Waals surface area contributed by atoms with Gasteiger partial charge < -0.3 is 13.9 Å². The van der Waals surface area contributed by atoms with Gasteiger partial charge in [-0.2, -0.15) is 0 Å². The molecule has 4 rings (SSSR count). The number of hydrogen-bond acceptors (Lipinski definition) is 4. The Kier molecular flexibility index (Phi) is 5.34. The summed E-state index contributed by atoms with van der Waals surface area (Å²) in [5, 5.41) is 1.85. The average Bonchev–Trinajstić information content (AvgIpc) is 2.75. The molecule has 0 spiro atoms. The van der Waals surface area contributed by atoms with Gasteiger partial charge in [-0.25, -0.2) is 4.99 Å². The summed E-state index contributed by atoms with van der Waals surface area (Å²) in [4.78, 5) is 4.89. The topological polar surface area (TPSA) is 44.0 Å². The molecule has 0 bridgehead atoms. The number of methoxy groups -OCH3 is 1. The van der Waals surface area contributed by atoms with E-state index < -0.39 is 0 Å². The Hall–Kier alpha value is -3.53. The highest BCUT2D eigenvalue weighted by Crippen LogP contribution is 2.25. The predicted octanol–water partition coefficient (Wildman–Crippen LogP) is 6.05. The third-order valence-corrected chi connectivity index (χ3v) is 4.67. The van der Waals surface area contributed by atoms with Gasteiger partial charge in [0.25, 0.3) is 0 Å². The second kappa shape index (κ2) is 8.23. The molecule has 0 aliphatic rings. The van der Waals surface area contributed by atoms with Gasteiger partial charge in [-0.05, 0) is 74.5 Å². The SMILES string of the molecule is CCOc1ccc(N=c2cc(-c3ccc(OC)cc3)oc3ccc(C)cc23)cc1. The van der Waals surface area contributed by atoms with Crippen molar-refractivity contribution in [2.75, 3.05) is 13.7 Å². The van der Waals surface area contributed by atoms with E-state index in [0.29, 0.717) is 6.61 Å². The maximum atomic E-state index is 6.18. The van der Waals surface area contributed by atoms with Gasteiger partial charge in [0, 0.05) is 17.0 Å². The fraction of sp³-hybridized carbons (Fsp3) is 0.160. The minimum atomic E-state index is 0.645. The van der Waals surface area contributed by atoms with E-state index in [2.05, 4.69) is 13.0 Å². The van der Waals surface area contributed by atoms with Crippen molar-refractivity contribution in [1.29, 1.82) is 0 Å². The van der Waals surface area contributed by atoms with E-state index in [9.17, 15) is 0 Å². The zero-order chi connectivity index (χ0) is 20.2. The van der Waals surface area contributed by atoms with Crippen LogP contribution in [0, 0.1) is 6.92 Å². The molecule has 3 aromatic carbocycles. The monoisotopic (exact) mass is 385 g/mol. The molecule has 0 amide bonds. The molecular weight excluding hydrogens is 362 g/mol. The summed E-state index contributed by atoms with van der Waals surface area (Å²) >= 11 is 0. The summed E-state index contributed by atoms with van der Waals surface area (Å²) in [6.45, 7) is 4.68. The van der Waals surface area contributed by atoms with E-state index in [1.807, 2.05) is 73.7 Å². The first kappa shape index (κ1) is 18.8. The molecule has 4 aromatic rings. The molecule has 4 heteroatoms. The van der Waals surface area contributed by atoms with Crippen molar-refractivity contribution < 1.29 is 13.9 Å². The summed E-state index contributed by atoms with van der Waals surface area (Å²) in [6.07, 6.45) is 0. The quantitative estimate of drug-likeness (QED) is 0.420. The molecule has 0 saturated heterocycles. The zero-order valence-corrected chi connectivity index (χ0v) is 16.8. The highest BCUT2D eigenvalue weighted by Gasteiger charge is 2.07. The third kappa shape index (κ3) is 4.16. The van der Waals surface area contributed by atoms with Crippen LogP contribution in [0.25, 0.3) is 22.3 Å². The second-order valence-corrected chi connectivity index (χ2v) is 6.76. The number of rotatable bonds is 5. The van der Waals surface area contributed by atoms with Crippen LogP contribution in [0.4, 0.5) is 5.69 Å². The van der Waals surface area contributed by atoms with Crippen LogP contribution >= 0.6 is 0 Å². The predicted molar refractivity (Wildman–Crippen MR) is 116 cm³/mol. The molecule has 1 aromatic heterocycles. The molecule has 0 saturated carbocycles. The number of fused-ring (bicyclic) bond motifs is 1. The Morgan fingerprint density at radius 2 is 1.59 bits per heavy atom. The lowest BCUT2D eigenvalue weighted by Crippen LogP contribution is -2.03. The summed E-state index contributed by atoms with van der Waals surface area (Å²) in [5.41, 5.74) is 3.79. The molecule has 29 heavy (non-hydrogen) atoms. The fourth-order valence-electron chi connectivity index (χ4n) is 3.20. The molecule has 4 nitrogen and oxygen atoms in total. The Morgan fingerprint density at radius 3 is 2.28 bits per heavy atom. The zero-order valence-electron chi connectivity index (χ0n) is 16.8. The molecule has 0 aliphatic carbocycles. The van der Waals surface area contributed by atoms with E-state index in [1.165, 1.54) is 0 Å². The van der Waals surface area contributed by atoms with Gasteiger partial charge in [0.1, 0.15) is 22.8 Å². The molecular formula is C25H23NO3. The van der Waals surface area contributed by atoms with Crippen molar-refractivity contribution in [3.05, 3.63) is 83.7 Å². The summed E-state index contributed by atoms with van der Waals surface area (Å²) < 4.78 is 17.0. The fourth-order valence-corrected chi connectivity index (χ4v) is 3.20. The maximum absolute atomic E-state index is 6.18. The lowest BCUT2D eigenvalue weighted by Gasteiger charge is -2.07. The van der Waals surface area contributed by atoms with Gasteiger partial charge in [-0.15, -0.1) is 0 Å². The third-order valence-electron chi connectivity index (χ3n) is 4.67. The van der Waals surface area contributed by atoms with Crippen molar-refractivity contribution in [3.8, 4) is 22.8 Å². The Bertz CT molecular complexity index is 1190. The summed E-state index contributed by atoms with van der Waals surface area (Å²) in [6, 6.07) is 23.7. The van der Waals surface area contributed by atoms with Gasteiger partial charge in [0.05, 0.1) is 24.8 Å². The minimum Gasteiger partial charge on any atom is -0.497 e. The van der Waals surface area contributed by atoms with Crippen LogP contribution in [-0.4, -0.2) is 13.7 Å². The Balaban J connectivity index is 1.87. The normalized spacial score (nSPS) is 11.6. The van der Waals surface area contributed by atoms with Crippen molar-refractivity contribution >= 4 is 16.7 Å². The van der Waals surface area contributed by atoms with Crippen LogP contribution < -0.4 is 14.8 Å². The van der Waals surface area contributed by atoms with E-state index in [1.54, 1.807) is 7.11 Å². The number of nitrogens with zero attached hydrogens (tertiary/aromatic N) is 1. The van der Waals surface area contributed by atoms with Crippen LogP contribution in [0.5, 0.6) is 11.5 Å². The van der Waals surface area contributed by atoms with E-state index in [-0.39, 0.29) is 0 Å². The van der Waals surface area contributed by atoms with Gasteiger partial charge in [-0.3, -0.25) is 0 Å². The van der Waals surface area contributed by atoms with E-state index >= 15 is 0 Å². The van der Waals surface area contributed by atoms with E-state index in [4.69, 9.17) is 18.9 Å². The molecule has 0 aliphatic heterocycles. The van der Waals surface area contributed by atoms with Crippen LogP contribution in [0.1, 0.15) is 12.5 Å². The highest BCUT2D eigenvalue weighted by molar-refractivity contribution is 5.79. The van der Waals surface area contributed by atoms with Crippen molar-refractivity contribution in [2.45, 2.75) is 13.8 Å². The van der Waals surface area contributed by atoms with Crippen LogP contribution in [-0.2, 0) is 0 Å². The molecule has 0 unspecified atom stereocenters. The van der Waals surface area contributed by atoms with Crippen LogP contribution in [0.2, 0.25) is 0 Å². The Morgan fingerprint density at radius 1 is 0.862 bits per heavy atom. The van der Waals surface area contributed by atoms with Crippen molar-refractivity contribution in [3.63, 3.8) is 0 Å². The number of aryl methyl sites for hydroxylation is 1. The van der Waals surface area contributed by atoms with Crippen molar-refractivity contribution in [1.82, 2.24) is 0 Å². The molecule has 0 radical (unpaired) electrons. The molecule has 0 atom stereocenters. The maximum Gasteiger partial charge on any atom is 0.136 e. The lowest BCUT2D eigenvalue weighted by atomic mass is 10.1. The molecule has 0 fully saturated rings. The smallest absolute Gasteiger partial charge is 0.136 e. The number of benzene rings is 3. The van der Waals surface area contributed by atoms with Gasteiger partial charge >= 0.3 is 0 Å². The van der Waals surface area contributed by atoms with Gasteiger partial charge in [0.2, 0.25) is 0 Å². The lowest BCUT2D eigenvalue weighted by molar-refractivity contribution is 0.340. The number of ether oxygens (including phenoxy) is 2. The first-order valence-corrected chi connectivity index (χ1v) is 9.63. The first-order chi connectivity index (χ1) is 14.2. The molecule has 0 N–H and O–H groups in total. The van der Waals surface area contributed by atoms with Crippen LogP contribution in [0.3, 0.4) is 0 Å². The Labute approximate surface area is 170 Å². The molecule has 146 valence electrons. The van der Waals surface area contributed by atoms with Gasteiger partial charge in [0.15, 0.2) is 0 Å². The highest BCUT2D eigenvalue weighted by atomic mass is 16.5. The van der Waals surface area contributed by atoms with Crippen molar-refractivity contribution in [2.24, 2.45) is 4.99 Å².